The Morgan fingerprint density at radius 2 is 2.21 bits per heavy atom. The lowest BCUT2D eigenvalue weighted by atomic mass is 9.88. The molecule has 1 N–H and O–H groups in total. The number of rotatable bonds is 3. The molecule has 0 unspecified atom stereocenters. The minimum Gasteiger partial charge on any atom is -0.353 e. The maximum absolute atomic E-state index is 11.9. The summed E-state index contributed by atoms with van der Waals surface area (Å²) in [6, 6.07) is 0.349. The second-order valence-electron chi connectivity index (χ2n) is 5.10. The van der Waals surface area contributed by atoms with Crippen LogP contribution in [-0.4, -0.2) is 11.9 Å². The monoisotopic (exact) mass is 195 g/mol. The van der Waals surface area contributed by atoms with Crippen molar-refractivity contribution in [2.45, 2.75) is 52.0 Å². The summed E-state index contributed by atoms with van der Waals surface area (Å²) in [6.07, 6.45) is 6.18. The third-order valence-corrected chi connectivity index (χ3v) is 4.08. The summed E-state index contributed by atoms with van der Waals surface area (Å²) in [5.74, 6) is 2.26. The fraction of sp³-hybridized carbons (Fsp3) is 0.917. The van der Waals surface area contributed by atoms with Crippen molar-refractivity contribution < 1.29 is 4.79 Å². The number of amides is 1. The van der Waals surface area contributed by atoms with E-state index in [1.165, 1.54) is 19.3 Å². The number of carbonyl (C=O) groups is 1. The molecule has 2 saturated carbocycles. The lowest BCUT2D eigenvalue weighted by Gasteiger charge is -2.22. The van der Waals surface area contributed by atoms with Gasteiger partial charge in [-0.1, -0.05) is 13.3 Å². The zero-order valence-electron chi connectivity index (χ0n) is 9.25. The Kier molecular flexibility index (Phi) is 2.80. The molecule has 0 heterocycles. The molecule has 0 aromatic rings. The molecule has 2 bridgehead atoms. The van der Waals surface area contributed by atoms with E-state index >= 15 is 0 Å². The summed E-state index contributed by atoms with van der Waals surface area (Å²) in [5, 5.41) is 3.12. The molecule has 80 valence electrons. The van der Waals surface area contributed by atoms with Gasteiger partial charge in [0.1, 0.15) is 0 Å². The largest absolute Gasteiger partial charge is 0.353 e. The Balaban J connectivity index is 1.87. The van der Waals surface area contributed by atoms with Crippen molar-refractivity contribution in [2.24, 2.45) is 17.8 Å². The summed E-state index contributed by atoms with van der Waals surface area (Å²) in [4.78, 5) is 11.9. The van der Waals surface area contributed by atoms with Gasteiger partial charge in [0.25, 0.3) is 0 Å². The van der Waals surface area contributed by atoms with Crippen molar-refractivity contribution in [3.63, 3.8) is 0 Å². The first-order valence-corrected chi connectivity index (χ1v) is 6.01. The van der Waals surface area contributed by atoms with Crippen LogP contribution in [0.3, 0.4) is 0 Å². The first kappa shape index (κ1) is 10.0. The molecule has 0 aromatic carbocycles. The quantitative estimate of drug-likeness (QED) is 0.735. The van der Waals surface area contributed by atoms with E-state index in [0.29, 0.717) is 23.8 Å². The molecule has 2 aliphatic carbocycles. The van der Waals surface area contributed by atoms with Crippen LogP contribution < -0.4 is 5.32 Å². The molecular formula is C12H21NO. The van der Waals surface area contributed by atoms with Gasteiger partial charge in [-0.05, 0) is 44.4 Å². The van der Waals surface area contributed by atoms with Crippen LogP contribution in [-0.2, 0) is 4.79 Å². The van der Waals surface area contributed by atoms with Gasteiger partial charge in [-0.25, -0.2) is 0 Å². The van der Waals surface area contributed by atoms with Gasteiger partial charge in [0.2, 0.25) is 5.91 Å². The fourth-order valence-electron chi connectivity index (χ4n) is 3.02. The Hall–Kier alpha value is -0.530. The normalized spacial score (nSPS) is 37.1. The Bertz CT molecular complexity index is 226. The van der Waals surface area contributed by atoms with E-state index in [1.807, 2.05) is 0 Å². The van der Waals surface area contributed by atoms with Crippen LogP contribution in [0, 0.1) is 17.8 Å². The first-order valence-electron chi connectivity index (χ1n) is 6.01. The summed E-state index contributed by atoms with van der Waals surface area (Å²) in [7, 11) is 0. The number of fused-ring (bicyclic) bond motifs is 2. The van der Waals surface area contributed by atoms with Gasteiger partial charge < -0.3 is 5.32 Å². The number of carbonyl (C=O) groups excluding carboxylic acids is 1. The van der Waals surface area contributed by atoms with Gasteiger partial charge >= 0.3 is 0 Å². The molecule has 0 aliphatic heterocycles. The molecule has 14 heavy (non-hydrogen) atoms. The van der Waals surface area contributed by atoms with Crippen molar-refractivity contribution in [1.82, 2.24) is 5.32 Å². The minimum absolute atomic E-state index is 0.326. The second kappa shape index (κ2) is 3.92. The van der Waals surface area contributed by atoms with Crippen molar-refractivity contribution in [3.05, 3.63) is 0 Å². The second-order valence-corrected chi connectivity index (χ2v) is 5.10. The molecule has 2 nitrogen and oxygen atoms in total. The summed E-state index contributed by atoms with van der Waals surface area (Å²) in [5.41, 5.74) is 0. The minimum atomic E-state index is 0.326. The maximum Gasteiger partial charge on any atom is 0.223 e. The van der Waals surface area contributed by atoms with Crippen LogP contribution in [0.25, 0.3) is 0 Å². The predicted molar refractivity (Wildman–Crippen MR) is 56.8 cm³/mol. The molecule has 0 aromatic heterocycles. The van der Waals surface area contributed by atoms with Crippen molar-refractivity contribution in [2.75, 3.05) is 0 Å². The van der Waals surface area contributed by atoms with Crippen molar-refractivity contribution in [3.8, 4) is 0 Å². The highest BCUT2D eigenvalue weighted by molar-refractivity contribution is 5.79. The third-order valence-electron chi connectivity index (χ3n) is 4.08. The summed E-state index contributed by atoms with van der Waals surface area (Å²) in [6.45, 7) is 4.21. The first-order chi connectivity index (χ1) is 6.70. The summed E-state index contributed by atoms with van der Waals surface area (Å²) >= 11 is 0. The van der Waals surface area contributed by atoms with Crippen LogP contribution in [0.5, 0.6) is 0 Å². The number of nitrogens with one attached hydrogen (secondary N) is 1. The third kappa shape index (κ3) is 1.79. The van der Waals surface area contributed by atoms with Gasteiger partial charge in [0.05, 0.1) is 0 Å². The SMILES string of the molecule is CC[C@@H](C)NC(=O)[C@H]1C[C@@H]2CC[C@@H]1C2. The molecule has 2 aliphatic rings. The lowest BCUT2D eigenvalue weighted by molar-refractivity contribution is -0.127. The summed E-state index contributed by atoms with van der Waals surface area (Å²) < 4.78 is 0. The molecular weight excluding hydrogens is 174 g/mol. The fourth-order valence-corrected chi connectivity index (χ4v) is 3.02. The van der Waals surface area contributed by atoms with Crippen LogP contribution >= 0.6 is 0 Å². The van der Waals surface area contributed by atoms with E-state index in [9.17, 15) is 4.79 Å². The van der Waals surface area contributed by atoms with Crippen molar-refractivity contribution in [1.29, 1.82) is 0 Å². The van der Waals surface area contributed by atoms with Crippen LogP contribution in [0.1, 0.15) is 46.0 Å². The topological polar surface area (TPSA) is 29.1 Å². The maximum atomic E-state index is 11.9. The molecule has 2 heteroatoms. The standard InChI is InChI=1S/C12H21NO/c1-3-8(2)13-12(14)11-7-9-4-5-10(11)6-9/h8-11H,3-7H2,1-2H3,(H,13,14)/t8-,9-,10-,11+/m1/s1. The van der Waals surface area contributed by atoms with E-state index < -0.39 is 0 Å². The average Bonchev–Trinajstić information content (AvgIpc) is 2.78. The smallest absolute Gasteiger partial charge is 0.223 e. The average molecular weight is 195 g/mol. The molecule has 4 atom stereocenters. The van der Waals surface area contributed by atoms with E-state index in [2.05, 4.69) is 19.2 Å². The molecule has 0 saturated heterocycles. The molecule has 0 radical (unpaired) electrons. The van der Waals surface area contributed by atoms with E-state index in [1.54, 1.807) is 0 Å². The Labute approximate surface area is 86.5 Å². The molecule has 0 spiro atoms. The van der Waals surface area contributed by atoms with Crippen LogP contribution in [0.4, 0.5) is 0 Å². The highest BCUT2D eigenvalue weighted by Crippen LogP contribution is 2.48. The lowest BCUT2D eigenvalue weighted by Crippen LogP contribution is -2.38. The Morgan fingerprint density at radius 1 is 1.43 bits per heavy atom. The van der Waals surface area contributed by atoms with E-state index in [0.717, 1.165) is 18.8 Å². The predicted octanol–water partition coefficient (Wildman–Crippen LogP) is 2.34. The van der Waals surface area contributed by atoms with Crippen molar-refractivity contribution >= 4 is 5.91 Å². The number of hydrogen-bond acceptors (Lipinski definition) is 1. The zero-order valence-corrected chi connectivity index (χ0v) is 9.25. The molecule has 2 rings (SSSR count). The van der Waals surface area contributed by atoms with Gasteiger partial charge in [0.15, 0.2) is 0 Å². The molecule has 2 fully saturated rings. The van der Waals surface area contributed by atoms with E-state index in [4.69, 9.17) is 0 Å². The highest BCUT2D eigenvalue weighted by Gasteiger charge is 2.43. The van der Waals surface area contributed by atoms with Gasteiger partial charge in [-0.2, -0.15) is 0 Å². The molecule has 1 amide bonds. The van der Waals surface area contributed by atoms with Gasteiger partial charge in [-0.3, -0.25) is 4.79 Å². The Morgan fingerprint density at radius 3 is 2.71 bits per heavy atom. The van der Waals surface area contributed by atoms with Crippen LogP contribution in [0.2, 0.25) is 0 Å². The van der Waals surface area contributed by atoms with Gasteiger partial charge in [0, 0.05) is 12.0 Å². The highest BCUT2D eigenvalue weighted by atomic mass is 16.2. The zero-order chi connectivity index (χ0) is 10.1. The van der Waals surface area contributed by atoms with Gasteiger partial charge in [-0.15, -0.1) is 0 Å². The van der Waals surface area contributed by atoms with E-state index in [-0.39, 0.29) is 0 Å². The number of hydrogen-bond donors (Lipinski definition) is 1. The van der Waals surface area contributed by atoms with Crippen LogP contribution in [0.15, 0.2) is 0 Å².